The van der Waals surface area contributed by atoms with Crippen LogP contribution in [0.3, 0.4) is 0 Å². The van der Waals surface area contributed by atoms with Crippen LogP contribution in [0.2, 0.25) is 0 Å². The second-order valence-electron chi connectivity index (χ2n) is 15.0. The minimum atomic E-state index is -1.03. The maximum absolute atomic E-state index is 13.0. The normalized spacial score (nSPS) is 11.5. The quantitative estimate of drug-likeness (QED) is 0.0893. The highest BCUT2D eigenvalue weighted by Crippen LogP contribution is 2.50. The molecule has 0 amide bonds. The Hall–Kier alpha value is -7.32. The number of carboxylic acid groups (broad SMARTS) is 4. The molecule has 0 atom stereocenters. The maximum atomic E-state index is 13.0. The number of rotatable bonds is 12. The fourth-order valence-corrected chi connectivity index (χ4v) is 9.41. The van der Waals surface area contributed by atoms with E-state index in [-0.39, 0.29) is 16.7 Å². The molecule has 60 heavy (non-hydrogen) atoms. The van der Waals surface area contributed by atoms with E-state index in [2.05, 4.69) is 50.2 Å². The predicted molar refractivity (Wildman–Crippen MR) is 237 cm³/mol. The largest absolute Gasteiger partial charge is 0.478 e. The first-order chi connectivity index (χ1) is 28.9. The van der Waals surface area contributed by atoms with Crippen molar-refractivity contribution in [2.45, 2.75) is 53.4 Å². The van der Waals surface area contributed by atoms with E-state index >= 15 is 0 Å². The molecule has 0 heterocycles. The Morgan fingerprint density at radius 1 is 0.367 bits per heavy atom. The molecule has 0 unspecified atom stereocenters. The molecule has 0 bridgehead atoms. The van der Waals surface area contributed by atoms with Gasteiger partial charge in [0.25, 0.3) is 0 Å². The highest BCUT2D eigenvalue weighted by atomic mass is 16.4. The average molecular weight is 795 g/mol. The lowest BCUT2D eigenvalue weighted by atomic mass is 9.77. The molecule has 8 rings (SSSR count). The Morgan fingerprint density at radius 2 is 0.650 bits per heavy atom. The van der Waals surface area contributed by atoms with Gasteiger partial charge in [-0.2, -0.15) is 0 Å². The van der Waals surface area contributed by atoms with Crippen LogP contribution in [0.25, 0.3) is 76.8 Å². The van der Waals surface area contributed by atoms with Crippen molar-refractivity contribution < 1.29 is 39.6 Å². The van der Waals surface area contributed by atoms with E-state index in [0.29, 0.717) is 31.2 Å². The minimum absolute atomic E-state index is 0.161. The average Bonchev–Trinajstić information content (AvgIpc) is 3.26. The van der Waals surface area contributed by atoms with Gasteiger partial charge >= 0.3 is 23.9 Å². The molecule has 8 nitrogen and oxygen atoms in total. The summed E-state index contributed by atoms with van der Waals surface area (Å²) in [6.07, 6.45) is 2.29. The van der Waals surface area contributed by atoms with Gasteiger partial charge in [-0.15, -0.1) is 0 Å². The fraction of sp³-hybridized carbons (Fsp3) is 0.154. The fourth-order valence-electron chi connectivity index (χ4n) is 9.41. The van der Waals surface area contributed by atoms with Crippen LogP contribution in [0.15, 0.2) is 109 Å². The summed E-state index contributed by atoms with van der Waals surface area (Å²) >= 11 is 0. The first-order valence-electron chi connectivity index (χ1n) is 20.1. The Bertz CT molecular complexity index is 2940. The van der Waals surface area contributed by atoms with Gasteiger partial charge in [-0.05, 0) is 173 Å². The van der Waals surface area contributed by atoms with Gasteiger partial charge in [0.2, 0.25) is 0 Å². The van der Waals surface area contributed by atoms with Crippen LogP contribution in [-0.4, -0.2) is 44.3 Å². The van der Waals surface area contributed by atoms with Crippen molar-refractivity contribution in [1.29, 1.82) is 0 Å². The molecular formula is C52H42O8. The second-order valence-corrected chi connectivity index (χ2v) is 15.0. The first-order valence-corrected chi connectivity index (χ1v) is 20.1. The lowest BCUT2D eigenvalue weighted by molar-refractivity contribution is 0.0684. The summed E-state index contributed by atoms with van der Waals surface area (Å²) < 4.78 is 0. The van der Waals surface area contributed by atoms with E-state index in [1.807, 2.05) is 26.0 Å². The van der Waals surface area contributed by atoms with E-state index < -0.39 is 23.9 Å². The van der Waals surface area contributed by atoms with Gasteiger partial charge in [-0.25, -0.2) is 19.2 Å². The maximum Gasteiger partial charge on any atom is 0.336 e. The van der Waals surface area contributed by atoms with Crippen LogP contribution in [0.4, 0.5) is 0 Å². The predicted octanol–water partition coefficient (Wildman–Crippen LogP) is 12.3. The summed E-state index contributed by atoms with van der Waals surface area (Å²) in [5, 5.41) is 45.6. The zero-order valence-corrected chi connectivity index (χ0v) is 33.6. The lowest BCUT2D eigenvalue weighted by Gasteiger charge is -2.27. The molecule has 0 radical (unpaired) electrons. The summed E-state index contributed by atoms with van der Waals surface area (Å²) in [5.41, 5.74) is 11.5. The van der Waals surface area contributed by atoms with Crippen molar-refractivity contribution in [2.24, 2.45) is 0 Å². The molecule has 4 N–H and O–H groups in total. The SMILES string of the molecule is CCc1c(CC)c(-c2cc(-c3ccc(C(=O)O)cc3)c3ccc4c(-c5ccc(C(=O)O)cc5)cc(-c5ccc(C(=O)O)cc5)c5ccc2c3c45)c(CC)c(CC)c1C(=O)O. The number of benzene rings is 8. The summed E-state index contributed by atoms with van der Waals surface area (Å²) in [7, 11) is 0. The lowest BCUT2D eigenvalue weighted by Crippen LogP contribution is -2.14. The zero-order valence-electron chi connectivity index (χ0n) is 33.6. The minimum Gasteiger partial charge on any atom is -0.478 e. The van der Waals surface area contributed by atoms with Crippen LogP contribution in [0.5, 0.6) is 0 Å². The molecule has 8 aromatic carbocycles. The van der Waals surface area contributed by atoms with Crippen molar-refractivity contribution >= 4 is 56.2 Å². The van der Waals surface area contributed by atoms with Crippen molar-refractivity contribution in [3.8, 4) is 44.5 Å². The number of carbonyl (C=O) groups is 4. The van der Waals surface area contributed by atoms with Crippen molar-refractivity contribution in [3.63, 3.8) is 0 Å². The Labute approximate surface area is 346 Å². The zero-order chi connectivity index (χ0) is 42.6. The van der Waals surface area contributed by atoms with E-state index in [1.165, 1.54) is 0 Å². The standard InChI is InChI=1S/C52H42O8/c1-5-33-35(7-3)48(52(59)60)36(8-4)34(6-2)45(33)44-26-43(29-13-19-32(20-14-29)51(57)58)39-22-21-37-41(27-9-15-30(16-10-27)49(53)54)25-42(28-11-17-31(18-12-28)50(55)56)38-23-24-40(44)47(39)46(37)38/h9-26H,5-8H2,1-4H3,(H,53,54)(H,55,56)(H,57,58)(H,59,60). The Morgan fingerprint density at radius 3 is 0.917 bits per heavy atom. The van der Waals surface area contributed by atoms with E-state index in [4.69, 9.17) is 0 Å². The van der Waals surface area contributed by atoms with Crippen molar-refractivity contribution in [1.82, 2.24) is 0 Å². The van der Waals surface area contributed by atoms with E-state index in [1.54, 1.807) is 60.7 Å². The van der Waals surface area contributed by atoms with Gasteiger partial charge in [-0.3, -0.25) is 0 Å². The Kier molecular flexibility index (Phi) is 10.2. The van der Waals surface area contributed by atoms with Crippen LogP contribution >= 0.6 is 0 Å². The van der Waals surface area contributed by atoms with Crippen LogP contribution in [0.1, 0.15) is 91.4 Å². The van der Waals surface area contributed by atoms with Crippen molar-refractivity contribution in [2.75, 3.05) is 0 Å². The molecule has 0 aromatic heterocycles. The smallest absolute Gasteiger partial charge is 0.336 e. The number of aromatic carboxylic acids is 4. The summed E-state index contributed by atoms with van der Waals surface area (Å²) in [4.78, 5) is 48.7. The highest BCUT2D eigenvalue weighted by Gasteiger charge is 2.28. The third-order valence-electron chi connectivity index (χ3n) is 12.1. The van der Waals surface area contributed by atoms with Gasteiger partial charge in [0.05, 0.1) is 22.3 Å². The van der Waals surface area contributed by atoms with Gasteiger partial charge in [0, 0.05) is 0 Å². The molecule has 0 aliphatic rings. The van der Waals surface area contributed by atoms with Gasteiger partial charge < -0.3 is 20.4 Å². The summed E-state index contributed by atoms with van der Waals surface area (Å²) in [6.45, 7) is 8.15. The topological polar surface area (TPSA) is 149 Å². The van der Waals surface area contributed by atoms with Crippen LogP contribution in [0, 0.1) is 0 Å². The second kappa shape index (κ2) is 15.5. The van der Waals surface area contributed by atoms with Crippen molar-refractivity contribution in [3.05, 3.63) is 154 Å². The summed E-state index contributed by atoms with van der Waals surface area (Å²) in [6, 6.07) is 33.1. The third kappa shape index (κ3) is 6.32. The van der Waals surface area contributed by atoms with E-state index in [9.17, 15) is 39.6 Å². The molecule has 0 aliphatic carbocycles. The molecular weight excluding hydrogens is 753 g/mol. The third-order valence-corrected chi connectivity index (χ3v) is 12.1. The van der Waals surface area contributed by atoms with Crippen LogP contribution in [-0.2, 0) is 25.7 Å². The van der Waals surface area contributed by atoms with Crippen LogP contribution < -0.4 is 0 Å². The number of hydrogen-bond donors (Lipinski definition) is 4. The van der Waals surface area contributed by atoms with E-state index in [0.717, 1.165) is 99.1 Å². The number of carboxylic acids is 4. The highest BCUT2D eigenvalue weighted by molar-refractivity contribution is 6.32. The molecule has 0 saturated carbocycles. The number of hydrogen-bond acceptors (Lipinski definition) is 4. The summed E-state index contributed by atoms with van der Waals surface area (Å²) in [5.74, 6) is -4.01. The molecule has 8 heteroatoms. The molecule has 0 aliphatic heterocycles. The molecule has 0 spiro atoms. The van der Waals surface area contributed by atoms with Gasteiger partial charge in [-0.1, -0.05) is 88.4 Å². The molecule has 0 saturated heterocycles. The first kappa shape index (κ1) is 39.5. The molecule has 8 aromatic rings. The van der Waals surface area contributed by atoms with Gasteiger partial charge in [0.15, 0.2) is 0 Å². The Balaban J connectivity index is 1.59. The van der Waals surface area contributed by atoms with Gasteiger partial charge in [0.1, 0.15) is 0 Å². The monoisotopic (exact) mass is 794 g/mol. The molecule has 0 fully saturated rings. The molecule has 298 valence electrons.